The Hall–Kier alpha value is -4.12. The molecule has 1 amide bonds. The highest BCUT2D eigenvalue weighted by atomic mass is 16.5. The third-order valence-corrected chi connectivity index (χ3v) is 4.80. The van der Waals surface area contributed by atoms with E-state index in [1.54, 1.807) is 55.5 Å². The Balaban J connectivity index is 1.66. The normalized spacial score (nSPS) is 10.3. The van der Waals surface area contributed by atoms with Crippen LogP contribution in [0, 0.1) is 25.2 Å². The zero-order chi connectivity index (χ0) is 22.9. The molecule has 0 saturated carbocycles. The van der Waals surface area contributed by atoms with Crippen LogP contribution in [0.5, 0.6) is 5.75 Å². The SMILES string of the molecule is Cc1noc(C)c1COc1ccccc1C(=O)OCC(=O)N(CCC#N)c1ccccc1. The highest BCUT2D eigenvalue weighted by molar-refractivity contribution is 5.98. The van der Waals surface area contributed by atoms with Crippen molar-refractivity contribution in [1.29, 1.82) is 5.26 Å². The fraction of sp³-hybridized carbons (Fsp3) is 0.250. The lowest BCUT2D eigenvalue weighted by Crippen LogP contribution is -2.35. The third kappa shape index (κ3) is 5.52. The molecule has 0 saturated heterocycles. The first-order valence-corrected chi connectivity index (χ1v) is 10.0. The molecule has 8 heteroatoms. The molecule has 2 aromatic carbocycles. The highest BCUT2D eigenvalue weighted by Crippen LogP contribution is 2.22. The maximum atomic E-state index is 12.7. The average Bonchev–Trinajstić information content (AvgIpc) is 3.14. The van der Waals surface area contributed by atoms with Gasteiger partial charge < -0.3 is 18.9 Å². The largest absolute Gasteiger partial charge is 0.488 e. The van der Waals surface area contributed by atoms with E-state index in [0.29, 0.717) is 22.9 Å². The Morgan fingerprint density at radius 3 is 2.50 bits per heavy atom. The lowest BCUT2D eigenvalue weighted by Gasteiger charge is -2.21. The molecule has 3 aromatic rings. The van der Waals surface area contributed by atoms with Crippen molar-refractivity contribution < 1.29 is 23.6 Å². The van der Waals surface area contributed by atoms with Gasteiger partial charge in [-0.2, -0.15) is 5.26 Å². The van der Waals surface area contributed by atoms with Crippen molar-refractivity contribution in [1.82, 2.24) is 5.16 Å². The molecule has 0 fully saturated rings. The Bertz CT molecular complexity index is 1100. The number of benzene rings is 2. The van der Waals surface area contributed by atoms with Crippen LogP contribution in [0.3, 0.4) is 0 Å². The summed E-state index contributed by atoms with van der Waals surface area (Å²) in [4.78, 5) is 26.8. The first-order valence-electron chi connectivity index (χ1n) is 10.0. The lowest BCUT2D eigenvalue weighted by molar-refractivity contribution is -0.121. The summed E-state index contributed by atoms with van der Waals surface area (Å²) >= 11 is 0. The first kappa shape index (κ1) is 22.6. The number of ether oxygens (including phenoxy) is 2. The molecule has 0 N–H and O–H groups in total. The number of nitriles is 1. The summed E-state index contributed by atoms with van der Waals surface area (Å²) in [5.74, 6) is -0.129. The Labute approximate surface area is 185 Å². The number of para-hydroxylation sites is 2. The molecule has 1 aromatic heterocycles. The lowest BCUT2D eigenvalue weighted by atomic mass is 10.2. The molecular formula is C24H23N3O5. The topological polar surface area (TPSA) is 106 Å². The number of anilines is 1. The molecule has 0 aliphatic heterocycles. The first-order chi connectivity index (χ1) is 15.5. The smallest absolute Gasteiger partial charge is 0.342 e. The summed E-state index contributed by atoms with van der Waals surface area (Å²) in [5.41, 5.74) is 2.35. The summed E-state index contributed by atoms with van der Waals surface area (Å²) in [6, 6.07) is 17.6. The molecule has 0 unspecified atom stereocenters. The van der Waals surface area contributed by atoms with Crippen molar-refractivity contribution in [3.8, 4) is 11.8 Å². The van der Waals surface area contributed by atoms with Crippen LogP contribution in [-0.4, -0.2) is 30.2 Å². The summed E-state index contributed by atoms with van der Waals surface area (Å²) in [5, 5.41) is 12.8. The van der Waals surface area contributed by atoms with E-state index in [9.17, 15) is 9.59 Å². The van der Waals surface area contributed by atoms with Crippen molar-refractivity contribution in [3.63, 3.8) is 0 Å². The number of aromatic nitrogens is 1. The van der Waals surface area contributed by atoms with Gasteiger partial charge in [-0.05, 0) is 38.1 Å². The number of rotatable bonds is 9. The molecule has 0 bridgehead atoms. The van der Waals surface area contributed by atoms with Gasteiger partial charge in [0, 0.05) is 12.2 Å². The molecule has 32 heavy (non-hydrogen) atoms. The zero-order valence-electron chi connectivity index (χ0n) is 17.9. The minimum atomic E-state index is -0.680. The van der Waals surface area contributed by atoms with E-state index < -0.39 is 18.5 Å². The average molecular weight is 433 g/mol. The minimum Gasteiger partial charge on any atom is -0.488 e. The van der Waals surface area contributed by atoms with Gasteiger partial charge in [0.2, 0.25) is 0 Å². The molecule has 164 valence electrons. The molecular weight excluding hydrogens is 410 g/mol. The molecule has 1 heterocycles. The van der Waals surface area contributed by atoms with Gasteiger partial charge in [-0.1, -0.05) is 35.5 Å². The van der Waals surface area contributed by atoms with E-state index in [1.807, 2.05) is 19.1 Å². The number of esters is 1. The number of carbonyl (C=O) groups excluding carboxylic acids is 2. The summed E-state index contributed by atoms with van der Waals surface area (Å²) in [6.45, 7) is 3.52. The van der Waals surface area contributed by atoms with Crippen molar-refractivity contribution >= 4 is 17.6 Å². The van der Waals surface area contributed by atoms with Gasteiger partial charge in [0.15, 0.2) is 6.61 Å². The van der Waals surface area contributed by atoms with E-state index in [2.05, 4.69) is 5.16 Å². The Kier molecular flexibility index (Phi) is 7.60. The van der Waals surface area contributed by atoms with Crippen molar-refractivity contribution in [2.24, 2.45) is 0 Å². The van der Waals surface area contributed by atoms with Gasteiger partial charge >= 0.3 is 5.97 Å². The van der Waals surface area contributed by atoms with E-state index in [4.69, 9.17) is 19.3 Å². The number of aryl methyl sites for hydroxylation is 2. The minimum absolute atomic E-state index is 0.160. The Morgan fingerprint density at radius 1 is 1.09 bits per heavy atom. The summed E-state index contributed by atoms with van der Waals surface area (Å²) in [6.07, 6.45) is 0.160. The fourth-order valence-corrected chi connectivity index (χ4v) is 3.07. The second-order valence-corrected chi connectivity index (χ2v) is 6.95. The van der Waals surface area contributed by atoms with Crippen LogP contribution in [0.4, 0.5) is 5.69 Å². The van der Waals surface area contributed by atoms with Crippen LogP contribution in [-0.2, 0) is 16.1 Å². The number of hydrogen-bond donors (Lipinski definition) is 0. The van der Waals surface area contributed by atoms with Crippen molar-refractivity contribution in [2.75, 3.05) is 18.1 Å². The van der Waals surface area contributed by atoms with Crippen LogP contribution < -0.4 is 9.64 Å². The quantitative estimate of drug-likeness (QED) is 0.470. The van der Waals surface area contributed by atoms with Crippen LogP contribution in [0.25, 0.3) is 0 Å². The van der Waals surface area contributed by atoms with E-state index in [-0.39, 0.29) is 25.1 Å². The van der Waals surface area contributed by atoms with Crippen molar-refractivity contribution in [2.45, 2.75) is 26.9 Å². The molecule has 0 atom stereocenters. The number of hydrogen-bond acceptors (Lipinski definition) is 7. The van der Waals surface area contributed by atoms with Gasteiger partial charge in [0.25, 0.3) is 5.91 Å². The molecule has 0 spiro atoms. The summed E-state index contributed by atoms with van der Waals surface area (Å²) < 4.78 is 16.2. The fourth-order valence-electron chi connectivity index (χ4n) is 3.07. The van der Waals surface area contributed by atoms with E-state index in [0.717, 1.165) is 5.56 Å². The van der Waals surface area contributed by atoms with Gasteiger partial charge in [-0.15, -0.1) is 0 Å². The molecule has 0 aliphatic carbocycles. The Morgan fingerprint density at radius 2 is 1.81 bits per heavy atom. The third-order valence-electron chi connectivity index (χ3n) is 4.80. The highest BCUT2D eigenvalue weighted by Gasteiger charge is 2.20. The van der Waals surface area contributed by atoms with Gasteiger partial charge in [0.1, 0.15) is 23.7 Å². The van der Waals surface area contributed by atoms with Crippen LogP contribution in [0.15, 0.2) is 59.1 Å². The second kappa shape index (κ2) is 10.8. The molecule has 0 aliphatic rings. The van der Waals surface area contributed by atoms with Crippen LogP contribution in [0.1, 0.15) is 33.8 Å². The summed E-state index contributed by atoms with van der Waals surface area (Å²) in [7, 11) is 0. The van der Waals surface area contributed by atoms with Gasteiger partial charge in [-0.3, -0.25) is 4.79 Å². The van der Waals surface area contributed by atoms with Crippen LogP contribution in [0.2, 0.25) is 0 Å². The maximum Gasteiger partial charge on any atom is 0.342 e. The predicted molar refractivity (Wildman–Crippen MR) is 116 cm³/mol. The maximum absolute atomic E-state index is 12.7. The molecule has 3 rings (SSSR count). The second-order valence-electron chi connectivity index (χ2n) is 6.95. The van der Waals surface area contributed by atoms with Gasteiger partial charge in [0.05, 0.1) is 23.7 Å². The number of carbonyl (C=O) groups is 2. The van der Waals surface area contributed by atoms with Crippen LogP contribution >= 0.6 is 0 Å². The van der Waals surface area contributed by atoms with E-state index >= 15 is 0 Å². The predicted octanol–water partition coefficient (Wildman–Crippen LogP) is 3.97. The van der Waals surface area contributed by atoms with E-state index in [1.165, 1.54) is 4.90 Å². The number of nitrogens with zero attached hydrogens (tertiary/aromatic N) is 3. The standard InChI is InChI=1S/C24H23N3O5/c1-17-21(18(2)32-26-17)15-30-22-12-7-6-11-20(22)24(29)31-16-23(28)27(14-8-13-25)19-9-4-3-5-10-19/h3-7,9-12H,8,14-16H2,1-2H3. The monoisotopic (exact) mass is 433 g/mol. The van der Waals surface area contributed by atoms with Crippen molar-refractivity contribution in [3.05, 3.63) is 77.2 Å². The van der Waals surface area contributed by atoms with Gasteiger partial charge in [-0.25, -0.2) is 4.79 Å². The zero-order valence-corrected chi connectivity index (χ0v) is 17.9. The number of amides is 1. The molecule has 8 nitrogen and oxygen atoms in total. The molecule has 0 radical (unpaired) electrons.